The van der Waals surface area contributed by atoms with E-state index in [2.05, 4.69) is 265 Å². The van der Waals surface area contributed by atoms with Crippen LogP contribution in [0.25, 0.3) is 65.7 Å². The van der Waals surface area contributed by atoms with Gasteiger partial charge in [-0.15, -0.1) is 0 Å². The van der Waals surface area contributed by atoms with Crippen LogP contribution in [0.3, 0.4) is 0 Å². The third kappa shape index (κ3) is 5.99. The summed E-state index contributed by atoms with van der Waals surface area (Å²) in [6.45, 7) is 22.7. The van der Waals surface area contributed by atoms with Gasteiger partial charge in [0.25, 0.3) is 0 Å². The molecule has 0 aromatic heterocycles. The van der Waals surface area contributed by atoms with Crippen molar-refractivity contribution in [2.45, 2.75) is 135 Å². The van der Waals surface area contributed by atoms with Gasteiger partial charge in [0.05, 0.1) is 16.6 Å². The van der Waals surface area contributed by atoms with Crippen molar-refractivity contribution >= 4 is 66.4 Å². The summed E-state index contributed by atoms with van der Waals surface area (Å²) in [6, 6.07) is 73.5. The molecule has 0 radical (unpaired) electrons. The van der Waals surface area contributed by atoms with E-state index >= 15 is 0 Å². The van der Waals surface area contributed by atoms with E-state index < -0.39 is 0 Å². The molecule has 6 unspecified atom stereocenters. The number of hydrogen-bond acceptors (Lipinski definition) is 3. The first-order chi connectivity index (χ1) is 38.0. The highest BCUT2D eigenvalue weighted by Gasteiger charge is 2.63. The first-order valence-electron chi connectivity index (χ1n) is 29.8. The molecule has 3 heteroatoms. The molecule has 3 fully saturated rings. The zero-order valence-electron chi connectivity index (χ0n) is 47.7. The average Bonchev–Trinajstić information content (AvgIpc) is 3.19. The molecule has 392 valence electrons. The van der Waals surface area contributed by atoms with Crippen LogP contribution in [0.2, 0.25) is 0 Å². The van der Waals surface area contributed by atoms with Crippen LogP contribution in [0.4, 0.5) is 34.1 Å². The summed E-state index contributed by atoms with van der Waals surface area (Å²) in [5, 5.41) is 8.05. The van der Waals surface area contributed by atoms with E-state index in [1.165, 1.54) is 155 Å². The maximum Gasteiger partial charge on any atom is 0.0543 e. The van der Waals surface area contributed by atoms with Gasteiger partial charge in [-0.25, -0.2) is 0 Å². The van der Waals surface area contributed by atoms with Gasteiger partial charge < -0.3 is 14.7 Å². The van der Waals surface area contributed by atoms with E-state index in [9.17, 15) is 0 Å². The molecule has 10 aromatic carbocycles. The van der Waals surface area contributed by atoms with Gasteiger partial charge in [-0.1, -0.05) is 151 Å². The van der Waals surface area contributed by atoms with Crippen molar-refractivity contribution in [3.05, 3.63) is 205 Å². The molecule has 6 aliphatic rings. The Labute approximate surface area is 468 Å². The molecule has 3 aliphatic heterocycles. The number of hydrogen-bond donors (Lipinski definition) is 0. The van der Waals surface area contributed by atoms with E-state index in [0.29, 0.717) is 17.8 Å². The summed E-state index contributed by atoms with van der Waals surface area (Å²) in [4.78, 5) is 8.14. The van der Waals surface area contributed by atoms with Crippen LogP contribution >= 0.6 is 0 Å². The number of benzene rings is 10. The topological polar surface area (TPSA) is 9.72 Å². The van der Waals surface area contributed by atoms with E-state index in [1.54, 1.807) is 0 Å². The number of fused-ring (bicyclic) bond motifs is 9. The zero-order chi connectivity index (χ0) is 53.8. The summed E-state index contributed by atoms with van der Waals surface area (Å²) < 4.78 is 0. The fraction of sp³-hybridized carbons (Fsp3) is 0.316. The van der Waals surface area contributed by atoms with Gasteiger partial charge in [0, 0.05) is 51.9 Å². The highest BCUT2D eigenvalue weighted by atomic mass is 15.3. The highest BCUT2D eigenvalue weighted by Crippen LogP contribution is 2.69. The summed E-state index contributed by atoms with van der Waals surface area (Å²) in [5.74, 6) is 1.30. The lowest BCUT2D eigenvalue weighted by Crippen LogP contribution is -2.50. The van der Waals surface area contributed by atoms with Crippen molar-refractivity contribution < 1.29 is 0 Å². The third-order valence-corrected chi connectivity index (χ3v) is 23.4. The minimum Gasteiger partial charge on any atom is -0.334 e. The number of rotatable bonds is 6. The second-order valence-electron chi connectivity index (χ2n) is 27.5. The molecule has 0 spiro atoms. The Morgan fingerprint density at radius 1 is 0.316 bits per heavy atom. The first kappa shape index (κ1) is 47.6. The van der Waals surface area contributed by atoms with Gasteiger partial charge in [-0.3, -0.25) is 0 Å². The quantitative estimate of drug-likeness (QED) is 0.154. The second kappa shape index (κ2) is 15.9. The maximum absolute atomic E-state index is 2.72. The Bertz CT molecular complexity index is 4000. The smallest absolute Gasteiger partial charge is 0.0543 e. The summed E-state index contributed by atoms with van der Waals surface area (Å²) >= 11 is 0. The van der Waals surface area contributed by atoms with Crippen LogP contribution in [0.5, 0.6) is 0 Å². The number of anilines is 6. The van der Waals surface area contributed by atoms with Gasteiger partial charge in [0.15, 0.2) is 0 Å². The Balaban J connectivity index is 0.920. The van der Waals surface area contributed by atoms with Crippen LogP contribution in [-0.2, 0) is 0 Å². The van der Waals surface area contributed by atoms with Gasteiger partial charge in [0.2, 0.25) is 0 Å². The lowest BCUT2D eigenvalue weighted by Gasteiger charge is -2.47. The van der Waals surface area contributed by atoms with E-state index in [4.69, 9.17) is 0 Å². The summed E-state index contributed by atoms with van der Waals surface area (Å²) in [5.41, 5.74) is 20.6. The van der Waals surface area contributed by atoms with Crippen molar-refractivity contribution in [3.63, 3.8) is 0 Å². The normalized spacial score (nSPS) is 26.5. The van der Waals surface area contributed by atoms with E-state index in [0.717, 1.165) is 0 Å². The molecule has 3 aliphatic carbocycles. The largest absolute Gasteiger partial charge is 0.334 e. The lowest BCUT2D eigenvalue weighted by atomic mass is 9.72. The van der Waals surface area contributed by atoms with Gasteiger partial charge >= 0.3 is 0 Å². The molecule has 0 amide bonds. The molecule has 3 heterocycles. The first-order valence-corrected chi connectivity index (χ1v) is 29.8. The fourth-order valence-electron chi connectivity index (χ4n) is 18.2. The zero-order valence-corrected chi connectivity index (χ0v) is 47.7. The predicted octanol–water partition coefficient (Wildman–Crippen LogP) is 21.0. The van der Waals surface area contributed by atoms with Crippen LogP contribution in [0.15, 0.2) is 188 Å². The van der Waals surface area contributed by atoms with Crippen molar-refractivity contribution in [3.8, 4) is 33.4 Å². The summed E-state index contributed by atoms with van der Waals surface area (Å²) in [7, 11) is 0. The molecule has 16 rings (SSSR count). The second-order valence-corrected chi connectivity index (χ2v) is 27.5. The van der Waals surface area contributed by atoms with Gasteiger partial charge in [0.1, 0.15) is 0 Å². The third-order valence-electron chi connectivity index (χ3n) is 23.4. The Morgan fingerprint density at radius 2 is 0.646 bits per heavy atom. The van der Waals surface area contributed by atoms with Crippen molar-refractivity contribution in [2.24, 2.45) is 16.2 Å². The van der Waals surface area contributed by atoms with Crippen LogP contribution in [-0.4, -0.2) is 16.6 Å². The molecule has 79 heavy (non-hydrogen) atoms. The van der Waals surface area contributed by atoms with Crippen LogP contribution in [0.1, 0.15) is 135 Å². The molecule has 3 saturated carbocycles. The SMILES string of the molecule is CC1(C)CCC2c3cc(-c4ccc5ccc6c(-c7ccc8c(c7)C7CCC(C)(C)C7(C)N8c7ccccc7)cc(-c7ccc8c(c7)C7CCC(C)(C)C7(C)N8c7ccccc7)c7ccc4c5c67)ccc3N(c3ccccc3)C21C. The van der Waals surface area contributed by atoms with E-state index in [-0.39, 0.29) is 32.9 Å². The molecule has 0 saturated heterocycles. The molecule has 3 nitrogen and oxygen atoms in total. The predicted molar refractivity (Wildman–Crippen MR) is 335 cm³/mol. The molecule has 0 bridgehead atoms. The minimum absolute atomic E-state index is 0.0290. The minimum atomic E-state index is -0.0507. The maximum atomic E-state index is 2.72. The Morgan fingerprint density at radius 3 is 1.03 bits per heavy atom. The lowest BCUT2D eigenvalue weighted by molar-refractivity contribution is 0.222. The highest BCUT2D eigenvalue weighted by molar-refractivity contribution is 6.30. The number of nitrogens with zero attached hydrogens (tertiary/aromatic N) is 3. The summed E-state index contributed by atoms with van der Waals surface area (Å²) in [6.07, 6.45) is 7.20. The van der Waals surface area contributed by atoms with Crippen LogP contribution in [0, 0.1) is 16.2 Å². The molecule has 0 N–H and O–H groups in total. The molecule has 6 atom stereocenters. The van der Waals surface area contributed by atoms with E-state index in [1.807, 2.05) is 0 Å². The van der Waals surface area contributed by atoms with Gasteiger partial charge in [-0.05, 0) is 237 Å². The molecular formula is C76H73N3. The Hall–Kier alpha value is -7.36. The van der Waals surface area contributed by atoms with Crippen molar-refractivity contribution in [1.29, 1.82) is 0 Å². The van der Waals surface area contributed by atoms with Crippen molar-refractivity contribution in [1.82, 2.24) is 0 Å². The van der Waals surface area contributed by atoms with Crippen molar-refractivity contribution in [2.75, 3.05) is 14.7 Å². The average molecular weight is 1030 g/mol. The number of para-hydroxylation sites is 3. The Kier molecular flexibility index (Phi) is 9.60. The fourth-order valence-corrected chi connectivity index (χ4v) is 18.2. The van der Waals surface area contributed by atoms with Crippen LogP contribution < -0.4 is 14.7 Å². The monoisotopic (exact) mass is 1030 g/mol. The molecule has 10 aromatic rings. The van der Waals surface area contributed by atoms with Gasteiger partial charge in [-0.2, -0.15) is 0 Å². The standard InChI is InChI=1S/C76H73N3/c1-71(2)40-37-63-60-43-48(27-34-66(60)77(74(63,71)7)51-19-13-10-14-20-51)54-30-25-47-26-31-56-58(49-28-35-67-61(44-49)64-38-41-72(3,4)75(64,8)78(67)52-21-15-11-16-22-52)46-59(57-33-32-55(54)69(47)70(56)57)50-29-36-68-62(45-50)65-39-42-73(5,6)76(65,9)79(68)53-23-17-12-18-24-53/h10-36,43-46,63-65H,37-42H2,1-9H3. The molecular weight excluding hydrogens is 955 g/mol.